The molecule has 0 aliphatic rings. The highest BCUT2D eigenvalue weighted by atomic mass is 32.2. The largest absolute Gasteiger partial charge is 0.492 e. The zero-order valence-electron chi connectivity index (χ0n) is 20.5. The number of sulfonamides is 1. The minimum absolute atomic E-state index is 0.00578. The van der Waals surface area contributed by atoms with Crippen LogP contribution in [0.5, 0.6) is 11.5 Å². The molecule has 0 heterocycles. The predicted octanol–water partition coefficient (Wildman–Crippen LogP) is 4.80. The van der Waals surface area contributed by atoms with Crippen LogP contribution in [0.25, 0.3) is 0 Å². The van der Waals surface area contributed by atoms with Gasteiger partial charge in [0.05, 0.1) is 29.5 Å². The molecule has 0 saturated carbocycles. The monoisotopic (exact) mass is 511 g/mol. The molecular weight excluding hydrogens is 482 g/mol. The average Bonchev–Trinajstić information content (AvgIpc) is 2.82. The Hall–Kier alpha value is -4.05. The van der Waals surface area contributed by atoms with Gasteiger partial charge in [-0.3, -0.25) is 14.3 Å². The van der Waals surface area contributed by atoms with E-state index >= 15 is 0 Å². The number of hydrogen-bond acceptors (Lipinski definition) is 6. The summed E-state index contributed by atoms with van der Waals surface area (Å²) in [5, 5.41) is 5.41. The van der Waals surface area contributed by atoms with Gasteiger partial charge in [0.1, 0.15) is 11.5 Å². The van der Waals surface area contributed by atoms with Gasteiger partial charge >= 0.3 is 0 Å². The fourth-order valence-electron chi connectivity index (χ4n) is 3.31. The lowest BCUT2D eigenvalue weighted by molar-refractivity contribution is -0.114. The van der Waals surface area contributed by atoms with E-state index in [0.717, 1.165) is 5.56 Å². The first kappa shape index (κ1) is 26.6. The van der Waals surface area contributed by atoms with Crippen molar-refractivity contribution in [3.8, 4) is 11.5 Å². The van der Waals surface area contributed by atoms with Gasteiger partial charge in [0.2, 0.25) is 5.91 Å². The van der Waals surface area contributed by atoms with Gasteiger partial charge in [0, 0.05) is 30.3 Å². The van der Waals surface area contributed by atoms with Gasteiger partial charge in [-0.25, -0.2) is 8.42 Å². The molecule has 3 aromatic rings. The summed E-state index contributed by atoms with van der Waals surface area (Å²) < 4.78 is 40.0. The van der Waals surface area contributed by atoms with Crippen LogP contribution in [0.3, 0.4) is 0 Å². The Morgan fingerprint density at radius 1 is 0.806 bits per heavy atom. The molecule has 0 aliphatic heterocycles. The van der Waals surface area contributed by atoms with E-state index in [1.807, 2.05) is 19.1 Å². The van der Waals surface area contributed by atoms with Gasteiger partial charge in [-0.05, 0) is 57.2 Å². The van der Waals surface area contributed by atoms with Crippen LogP contribution < -0.4 is 24.8 Å². The quantitative estimate of drug-likeness (QED) is 0.359. The Morgan fingerprint density at radius 3 is 1.92 bits per heavy atom. The number of ether oxygens (including phenoxy) is 2. The molecule has 0 fully saturated rings. The number of aryl methyl sites for hydroxylation is 1. The molecule has 9 nitrogen and oxygen atoms in total. The van der Waals surface area contributed by atoms with Crippen LogP contribution in [-0.2, 0) is 14.8 Å². The minimum Gasteiger partial charge on any atom is -0.492 e. The summed E-state index contributed by atoms with van der Waals surface area (Å²) in [6.07, 6.45) is 0. The summed E-state index contributed by atoms with van der Waals surface area (Å²) in [5.41, 5.74) is 2.46. The Balaban J connectivity index is 1.93. The summed E-state index contributed by atoms with van der Waals surface area (Å²) in [4.78, 5) is 24.0. The number of amides is 2. The molecule has 0 bridgehead atoms. The van der Waals surface area contributed by atoms with Crippen molar-refractivity contribution in [2.75, 3.05) is 28.6 Å². The first-order valence-electron chi connectivity index (χ1n) is 11.3. The molecule has 36 heavy (non-hydrogen) atoms. The lowest BCUT2D eigenvalue weighted by atomic mass is 10.1. The second-order valence-corrected chi connectivity index (χ2v) is 9.52. The normalized spacial score (nSPS) is 10.9. The second kappa shape index (κ2) is 11.6. The van der Waals surface area contributed by atoms with Gasteiger partial charge in [-0.1, -0.05) is 17.7 Å². The fraction of sp³-hybridized carbons (Fsp3) is 0.231. The third kappa shape index (κ3) is 6.76. The van der Waals surface area contributed by atoms with E-state index in [0.29, 0.717) is 16.9 Å². The van der Waals surface area contributed by atoms with Gasteiger partial charge in [0.15, 0.2) is 0 Å². The van der Waals surface area contributed by atoms with E-state index in [4.69, 9.17) is 9.47 Å². The van der Waals surface area contributed by atoms with E-state index in [1.165, 1.54) is 43.3 Å². The van der Waals surface area contributed by atoms with E-state index in [1.54, 1.807) is 26.0 Å². The number of carbonyl (C=O) groups is 2. The molecule has 0 aromatic heterocycles. The van der Waals surface area contributed by atoms with Gasteiger partial charge in [0.25, 0.3) is 15.9 Å². The molecular formula is C26H29N3O6S. The lowest BCUT2D eigenvalue weighted by Crippen LogP contribution is -2.16. The van der Waals surface area contributed by atoms with Crippen LogP contribution in [0.4, 0.5) is 17.1 Å². The Kier molecular flexibility index (Phi) is 8.55. The fourth-order valence-corrected chi connectivity index (χ4v) is 4.37. The SMILES string of the molecule is CCOc1cc(NS(=O)(=O)c2ccc(NC(C)=O)cc2)c(OCC)cc1NC(=O)c1ccc(C)cc1. The van der Waals surface area contributed by atoms with Crippen LogP contribution in [0, 0.1) is 6.92 Å². The third-order valence-corrected chi connectivity index (χ3v) is 6.35. The summed E-state index contributed by atoms with van der Waals surface area (Å²) >= 11 is 0. The molecule has 0 saturated heterocycles. The molecule has 0 unspecified atom stereocenters. The smallest absolute Gasteiger partial charge is 0.262 e. The second-order valence-electron chi connectivity index (χ2n) is 7.84. The molecule has 0 aliphatic carbocycles. The van der Waals surface area contributed by atoms with Gasteiger partial charge in [-0.2, -0.15) is 0 Å². The molecule has 10 heteroatoms. The number of hydrogen-bond donors (Lipinski definition) is 3. The summed E-state index contributed by atoms with van der Waals surface area (Å²) in [5.74, 6) is -0.104. The zero-order valence-corrected chi connectivity index (χ0v) is 21.4. The Bertz CT molecular complexity index is 1340. The van der Waals surface area contributed by atoms with Crippen molar-refractivity contribution >= 4 is 38.9 Å². The van der Waals surface area contributed by atoms with Gasteiger partial charge < -0.3 is 20.1 Å². The maximum atomic E-state index is 13.1. The van der Waals surface area contributed by atoms with Crippen LogP contribution in [-0.4, -0.2) is 33.4 Å². The predicted molar refractivity (Wildman–Crippen MR) is 139 cm³/mol. The molecule has 2 amide bonds. The molecule has 3 N–H and O–H groups in total. The highest BCUT2D eigenvalue weighted by Gasteiger charge is 2.21. The van der Waals surface area contributed by atoms with Crippen LogP contribution in [0.1, 0.15) is 36.7 Å². The molecule has 0 atom stereocenters. The average molecular weight is 512 g/mol. The number of benzene rings is 3. The number of carbonyl (C=O) groups excluding carboxylic acids is 2. The number of nitrogens with one attached hydrogen (secondary N) is 3. The molecule has 0 spiro atoms. The van der Waals surface area contributed by atoms with Crippen LogP contribution in [0.15, 0.2) is 65.6 Å². The minimum atomic E-state index is -4.00. The molecule has 190 valence electrons. The first-order valence-corrected chi connectivity index (χ1v) is 12.8. The topological polar surface area (TPSA) is 123 Å². The number of rotatable bonds is 10. The summed E-state index contributed by atoms with van der Waals surface area (Å²) in [7, 11) is -4.00. The summed E-state index contributed by atoms with van der Waals surface area (Å²) in [6, 6.07) is 15.9. The molecule has 0 radical (unpaired) electrons. The van der Waals surface area contributed by atoms with Crippen molar-refractivity contribution < 1.29 is 27.5 Å². The van der Waals surface area contributed by atoms with Crippen LogP contribution >= 0.6 is 0 Å². The molecule has 3 rings (SSSR count). The summed E-state index contributed by atoms with van der Waals surface area (Å²) in [6.45, 7) is 7.39. The lowest BCUT2D eigenvalue weighted by Gasteiger charge is -2.18. The van der Waals surface area contributed by atoms with Gasteiger partial charge in [-0.15, -0.1) is 0 Å². The van der Waals surface area contributed by atoms with E-state index in [2.05, 4.69) is 15.4 Å². The van der Waals surface area contributed by atoms with Crippen molar-refractivity contribution in [2.24, 2.45) is 0 Å². The van der Waals surface area contributed by atoms with Crippen LogP contribution in [0.2, 0.25) is 0 Å². The van der Waals surface area contributed by atoms with Crippen molar-refractivity contribution in [3.05, 3.63) is 71.8 Å². The highest BCUT2D eigenvalue weighted by molar-refractivity contribution is 7.92. The standard InChI is InChI=1S/C26H29N3O6S/c1-5-34-24-16-23(29-36(32,33)21-13-11-20(12-14-21)27-18(4)30)25(35-6-2)15-22(24)28-26(31)19-9-7-17(3)8-10-19/h7-16,29H,5-6H2,1-4H3,(H,27,30)(H,28,31). The highest BCUT2D eigenvalue weighted by Crippen LogP contribution is 2.38. The maximum Gasteiger partial charge on any atom is 0.262 e. The third-order valence-electron chi connectivity index (χ3n) is 4.97. The van der Waals surface area contributed by atoms with Crippen molar-refractivity contribution in [1.82, 2.24) is 0 Å². The molecule has 3 aromatic carbocycles. The van der Waals surface area contributed by atoms with E-state index in [9.17, 15) is 18.0 Å². The Morgan fingerprint density at radius 2 is 1.36 bits per heavy atom. The maximum absolute atomic E-state index is 13.1. The van der Waals surface area contributed by atoms with Crippen molar-refractivity contribution in [3.63, 3.8) is 0 Å². The number of anilines is 3. The van der Waals surface area contributed by atoms with Crippen molar-refractivity contribution in [2.45, 2.75) is 32.6 Å². The van der Waals surface area contributed by atoms with E-state index < -0.39 is 10.0 Å². The zero-order chi connectivity index (χ0) is 26.3. The van der Waals surface area contributed by atoms with E-state index in [-0.39, 0.29) is 47.1 Å². The van der Waals surface area contributed by atoms with Crippen molar-refractivity contribution in [1.29, 1.82) is 0 Å². The Labute approximate surface area is 210 Å². The first-order chi connectivity index (χ1) is 17.1.